The summed E-state index contributed by atoms with van der Waals surface area (Å²) in [6.45, 7) is 2.51. The number of benzene rings is 1. The van der Waals surface area contributed by atoms with Gasteiger partial charge in [0, 0.05) is 13.6 Å². The van der Waals surface area contributed by atoms with Gasteiger partial charge in [0.1, 0.15) is 23.9 Å². The van der Waals surface area contributed by atoms with Crippen molar-refractivity contribution in [3.63, 3.8) is 0 Å². The summed E-state index contributed by atoms with van der Waals surface area (Å²) in [6.07, 6.45) is 3.33. The lowest BCUT2D eigenvalue weighted by molar-refractivity contribution is -0.131. The number of likely N-dealkylation sites (N-methyl/N-ethyl adjacent to an activating group) is 1. The van der Waals surface area contributed by atoms with Crippen LogP contribution in [0.25, 0.3) is 0 Å². The monoisotopic (exact) mass is 348 g/mol. The van der Waals surface area contributed by atoms with E-state index in [-0.39, 0.29) is 17.6 Å². The highest BCUT2D eigenvalue weighted by atomic mass is 19.1. The molecule has 25 heavy (non-hydrogen) atoms. The Morgan fingerprint density at radius 3 is 2.64 bits per heavy atom. The van der Waals surface area contributed by atoms with Crippen molar-refractivity contribution in [2.24, 2.45) is 0 Å². The molecule has 0 radical (unpaired) electrons. The number of rotatable bonds is 8. The summed E-state index contributed by atoms with van der Waals surface area (Å²) in [7, 11) is 1.67. The first-order valence-electron chi connectivity index (χ1n) is 7.94. The standard InChI is InChI=1S/C18H21FN2O4/c1-13(20-17(22)14-8-11-24-12-14)18(23)21(2)9-3-10-25-16-6-4-15(19)5-7-16/h4-8,11-13H,3,9-10H2,1-2H3,(H,20,22)/t13-/m0/s1. The second kappa shape index (κ2) is 8.86. The minimum atomic E-state index is -0.648. The quantitative estimate of drug-likeness (QED) is 0.744. The number of furan rings is 1. The Kier molecular flexibility index (Phi) is 6.56. The smallest absolute Gasteiger partial charge is 0.255 e. The second-order valence-corrected chi connectivity index (χ2v) is 5.62. The normalized spacial score (nSPS) is 11.6. The molecule has 1 N–H and O–H groups in total. The van der Waals surface area contributed by atoms with Gasteiger partial charge in [0.15, 0.2) is 0 Å². The molecule has 2 aromatic rings. The Morgan fingerprint density at radius 1 is 1.28 bits per heavy atom. The van der Waals surface area contributed by atoms with Gasteiger partial charge in [0.25, 0.3) is 5.91 Å². The number of nitrogens with zero attached hydrogens (tertiary/aromatic N) is 1. The summed E-state index contributed by atoms with van der Waals surface area (Å²) >= 11 is 0. The van der Waals surface area contributed by atoms with E-state index in [1.54, 1.807) is 26.1 Å². The van der Waals surface area contributed by atoms with Crippen molar-refractivity contribution in [2.75, 3.05) is 20.2 Å². The molecule has 0 aliphatic carbocycles. The van der Waals surface area contributed by atoms with Gasteiger partial charge in [-0.3, -0.25) is 9.59 Å². The van der Waals surface area contributed by atoms with Gasteiger partial charge in [-0.1, -0.05) is 0 Å². The van der Waals surface area contributed by atoms with Crippen LogP contribution in [0.15, 0.2) is 47.3 Å². The van der Waals surface area contributed by atoms with Gasteiger partial charge in [-0.2, -0.15) is 0 Å². The molecule has 1 aromatic carbocycles. The highest BCUT2D eigenvalue weighted by molar-refractivity contribution is 5.97. The molecule has 0 saturated carbocycles. The molecule has 7 heteroatoms. The van der Waals surface area contributed by atoms with Crippen molar-refractivity contribution < 1.29 is 23.1 Å². The number of hydrogen-bond donors (Lipinski definition) is 1. The lowest BCUT2D eigenvalue weighted by Gasteiger charge is -2.22. The number of halogens is 1. The fourth-order valence-corrected chi connectivity index (χ4v) is 2.20. The molecule has 0 saturated heterocycles. The van der Waals surface area contributed by atoms with Crippen LogP contribution in [0, 0.1) is 5.82 Å². The van der Waals surface area contributed by atoms with Gasteiger partial charge in [-0.15, -0.1) is 0 Å². The molecule has 2 rings (SSSR count). The fourth-order valence-electron chi connectivity index (χ4n) is 2.20. The maximum atomic E-state index is 12.8. The number of nitrogens with one attached hydrogen (secondary N) is 1. The van der Waals surface area contributed by atoms with Gasteiger partial charge in [0.2, 0.25) is 5.91 Å². The third kappa shape index (κ3) is 5.63. The van der Waals surface area contributed by atoms with E-state index in [2.05, 4.69) is 5.32 Å². The third-order valence-electron chi connectivity index (χ3n) is 3.60. The Morgan fingerprint density at radius 2 is 2.00 bits per heavy atom. The van der Waals surface area contributed by atoms with E-state index in [1.807, 2.05) is 0 Å². The maximum absolute atomic E-state index is 12.8. The van der Waals surface area contributed by atoms with Crippen LogP contribution in [-0.2, 0) is 4.79 Å². The lowest BCUT2D eigenvalue weighted by Crippen LogP contribution is -2.45. The van der Waals surface area contributed by atoms with Crippen LogP contribution in [0.2, 0.25) is 0 Å². The van der Waals surface area contributed by atoms with Gasteiger partial charge in [0.05, 0.1) is 18.4 Å². The van der Waals surface area contributed by atoms with E-state index in [1.165, 1.54) is 35.6 Å². The van der Waals surface area contributed by atoms with E-state index < -0.39 is 6.04 Å². The number of hydrogen-bond acceptors (Lipinski definition) is 4. The van der Waals surface area contributed by atoms with Crippen molar-refractivity contribution in [2.45, 2.75) is 19.4 Å². The molecule has 1 atom stereocenters. The molecule has 0 aliphatic rings. The number of amides is 2. The van der Waals surface area contributed by atoms with Crippen LogP contribution in [-0.4, -0.2) is 43.0 Å². The summed E-state index contributed by atoms with van der Waals surface area (Å²) in [6, 6.07) is 6.65. The molecule has 0 fully saturated rings. The van der Waals surface area contributed by atoms with Crippen LogP contribution in [0.3, 0.4) is 0 Å². The molecule has 6 nitrogen and oxygen atoms in total. The van der Waals surface area contributed by atoms with Crippen molar-refractivity contribution >= 4 is 11.8 Å². The molecule has 2 amide bonds. The van der Waals surface area contributed by atoms with Crippen LogP contribution in [0.5, 0.6) is 5.75 Å². The minimum Gasteiger partial charge on any atom is -0.494 e. The minimum absolute atomic E-state index is 0.196. The first-order valence-corrected chi connectivity index (χ1v) is 7.94. The zero-order valence-corrected chi connectivity index (χ0v) is 14.2. The van der Waals surface area contributed by atoms with E-state index in [9.17, 15) is 14.0 Å². The summed E-state index contributed by atoms with van der Waals surface area (Å²) in [5.74, 6) is -0.290. The van der Waals surface area contributed by atoms with E-state index in [0.717, 1.165) is 0 Å². The van der Waals surface area contributed by atoms with Crippen molar-refractivity contribution in [3.05, 3.63) is 54.2 Å². The SMILES string of the molecule is C[C@H](NC(=O)c1ccoc1)C(=O)N(C)CCCOc1ccc(F)cc1. The predicted molar refractivity (Wildman–Crippen MR) is 89.8 cm³/mol. The molecule has 1 heterocycles. The lowest BCUT2D eigenvalue weighted by atomic mass is 10.2. The Balaban J connectivity index is 1.70. The second-order valence-electron chi connectivity index (χ2n) is 5.62. The van der Waals surface area contributed by atoms with Gasteiger partial charge < -0.3 is 19.4 Å². The van der Waals surface area contributed by atoms with Gasteiger partial charge in [-0.25, -0.2) is 4.39 Å². The molecular formula is C18H21FN2O4. The highest BCUT2D eigenvalue weighted by Crippen LogP contribution is 2.11. The Hall–Kier alpha value is -2.83. The van der Waals surface area contributed by atoms with Crippen molar-refractivity contribution in [1.29, 1.82) is 0 Å². The zero-order chi connectivity index (χ0) is 18.2. The fraction of sp³-hybridized carbons (Fsp3) is 0.333. The van der Waals surface area contributed by atoms with Crippen molar-refractivity contribution in [1.82, 2.24) is 10.2 Å². The summed E-state index contributed by atoms with van der Waals surface area (Å²) in [5.41, 5.74) is 0.370. The average molecular weight is 348 g/mol. The molecule has 134 valence electrons. The number of carbonyl (C=O) groups excluding carboxylic acids is 2. The number of ether oxygens (including phenoxy) is 1. The summed E-state index contributed by atoms with van der Waals surface area (Å²) < 4.78 is 23.1. The molecule has 0 spiro atoms. The van der Waals surface area contributed by atoms with E-state index >= 15 is 0 Å². The van der Waals surface area contributed by atoms with Crippen molar-refractivity contribution in [3.8, 4) is 5.75 Å². The Bertz CT molecular complexity index is 686. The maximum Gasteiger partial charge on any atom is 0.255 e. The van der Waals surface area contributed by atoms with Crippen LogP contribution < -0.4 is 10.1 Å². The molecular weight excluding hydrogens is 327 g/mol. The number of carbonyl (C=O) groups is 2. The third-order valence-corrected chi connectivity index (χ3v) is 3.60. The first kappa shape index (κ1) is 18.5. The van der Waals surface area contributed by atoms with E-state index in [4.69, 9.17) is 9.15 Å². The molecule has 0 bridgehead atoms. The average Bonchev–Trinajstić information content (AvgIpc) is 3.14. The summed E-state index contributed by atoms with van der Waals surface area (Å²) in [5, 5.41) is 2.63. The topological polar surface area (TPSA) is 71.8 Å². The molecule has 0 aliphatic heterocycles. The molecule has 0 unspecified atom stereocenters. The zero-order valence-electron chi connectivity index (χ0n) is 14.2. The van der Waals surface area contributed by atoms with E-state index in [0.29, 0.717) is 30.9 Å². The van der Waals surface area contributed by atoms with Gasteiger partial charge in [-0.05, 0) is 43.7 Å². The van der Waals surface area contributed by atoms with Crippen LogP contribution in [0.1, 0.15) is 23.7 Å². The van der Waals surface area contributed by atoms with Crippen LogP contribution >= 0.6 is 0 Å². The summed E-state index contributed by atoms with van der Waals surface area (Å²) in [4.78, 5) is 25.7. The molecule has 1 aromatic heterocycles. The first-order chi connectivity index (χ1) is 12.0. The van der Waals surface area contributed by atoms with Gasteiger partial charge >= 0.3 is 0 Å². The predicted octanol–water partition coefficient (Wildman–Crippen LogP) is 2.46. The highest BCUT2D eigenvalue weighted by Gasteiger charge is 2.20. The largest absolute Gasteiger partial charge is 0.494 e. The Labute approximate surface area is 145 Å². The van der Waals surface area contributed by atoms with Crippen LogP contribution in [0.4, 0.5) is 4.39 Å².